The highest BCUT2D eigenvalue weighted by atomic mass is 32.1. The molecule has 0 saturated carbocycles. The predicted molar refractivity (Wildman–Crippen MR) is 86.3 cm³/mol. The predicted octanol–water partition coefficient (Wildman–Crippen LogP) is 2.18. The molecule has 2 atom stereocenters. The molecule has 20 heavy (non-hydrogen) atoms. The third-order valence-electron chi connectivity index (χ3n) is 5.45. The molecule has 3 heterocycles. The molecule has 3 rings (SSSR count). The number of nitrogens with two attached hydrogens (primary N) is 1. The highest BCUT2D eigenvalue weighted by Crippen LogP contribution is 2.38. The van der Waals surface area contributed by atoms with Crippen molar-refractivity contribution in [2.24, 2.45) is 5.73 Å². The van der Waals surface area contributed by atoms with Crippen molar-refractivity contribution in [2.75, 3.05) is 33.2 Å². The number of hydrogen-bond acceptors (Lipinski definition) is 4. The van der Waals surface area contributed by atoms with E-state index in [4.69, 9.17) is 5.73 Å². The van der Waals surface area contributed by atoms with Crippen molar-refractivity contribution in [1.82, 2.24) is 9.80 Å². The van der Waals surface area contributed by atoms with Crippen molar-refractivity contribution in [3.63, 3.8) is 0 Å². The SMILES string of the molecule is CN(CCc1cccs1)C1(CN)CCN2CCCCC21. The second kappa shape index (κ2) is 6.14. The summed E-state index contributed by atoms with van der Waals surface area (Å²) >= 11 is 1.87. The quantitative estimate of drug-likeness (QED) is 0.903. The minimum Gasteiger partial charge on any atom is -0.329 e. The molecule has 4 heteroatoms. The lowest BCUT2D eigenvalue weighted by molar-refractivity contribution is 0.0572. The molecule has 2 fully saturated rings. The lowest BCUT2D eigenvalue weighted by Crippen LogP contribution is -2.60. The van der Waals surface area contributed by atoms with Gasteiger partial charge in [-0.2, -0.15) is 0 Å². The second-order valence-electron chi connectivity index (χ2n) is 6.36. The van der Waals surface area contributed by atoms with Gasteiger partial charge in [-0.05, 0) is 50.7 Å². The van der Waals surface area contributed by atoms with Crippen LogP contribution >= 0.6 is 11.3 Å². The fourth-order valence-corrected chi connectivity index (χ4v) is 4.86. The molecular weight excluding hydrogens is 266 g/mol. The lowest BCUT2D eigenvalue weighted by atomic mass is 9.84. The highest BCUT2D eigenvalue weighted by Gasteiger charge is 2.49. The van der Waals surface area contributed by atoms with Crippen LogP contribution in [0.2, 0.25) is 0 Å². The van der Waals surface area contributed by atoms with Crippen LogP contribution in [-0.2, 0) is 6.42 Å². The summed E-state index contributed by atoms with van der Waals surface area (Å²) in [5.74, 6) is 0. The van der Waals surface area contributed by atoms with Crippen molar-refractivity contribution < 1.29 is 0 Å². The van der Waals surface area contributed by atoms with Crippen LogP contribution in [0, 0.1) is 0 Å². The van der Waals surface area contributed by atoms with E-state index in [9.17, 15) is 0 Å². The van der Waals surface area contributed by atoms with Gasteiger partial charge in [0.15, 0.2) is 0 Å². The topological polar surface area (TPSA) is 32.5 Å². The summed E-state index contributed by atoms with van der Waals surface area (Å²) in [6.07, 6.45) is 6.48. The Balaban J connectivity index is 1.68. The molecular formula is C16H27N3S. The summed E-state index contributed by atoms with van der Waals surface area (Å²) in [5, 5.41) is 2.17. The summed E-state index contributed by atoms with van der Waals surface area (Å²) < 4.78 is 0. The van der Waals surface area contributed by atoms with Gasteiger partial charge < -0.3 is 5.73 Å². The molecule has 0 aromatic carbocycles. The molecule has 2 N–H and O–H groups in total. The van der Waals surface area contributed by atoms with E-state index in [1.807, 2.05) is 11.3 Å². The van der Waals surface area contributed by atoms with Gasteiger partial charge in [0.1, 0.15) is 0 Å². The van der Waals surface area contributed by atoms with Crippen molar-refractivity contribution in [2.45, 2.75) is 43.7 Å². The number of hydrogen-bond donors (Lipinski definition) is 1. The molecule has 0 spiro atoms. The van der Waals surface area contributed by atoms with Gasteiger partial charge >= 0.3 is 0 Å². The molecule has 2 unspecified atom stereocenters. The van der Waals surface area contributed by atoms with Crippen LogP contribution in [0.1, 0.15) is 30.6 Å². The third-order valence-corrected chi connectivity index (χ3v) is 6.39. The van der Waals surface area contributed by atoms with Gasteiger partial charge in [-0.15, -0.1) is 11.3 Å². The van der Waals surface area contributed by atoms with Crippen molar-refractivity contribution in [1.29, 1.82) is 0 Å². The van der Waals surface area contributed by atoms with Gasteiger partial charge in [-0.1, -0.05) is 12.5 Å². The van der Waals surface area contributed by atoms with Crippen LogP contribution < -0.4 is 5.73 Å². The largest absolute Gasteiger partial charge is 0.329 e. The molecule has 0 aliphatic carbocycles. The van der Waals surface area contributed by atoms with Gasteiger partial charge in [0.2, 0.25) is 0 Å². The monoisotopic (exact) mass is 293 g/mol. The van der Waals surface area contributed by atoms with Crippen LogP contribution in [0.3, 0.4) is 0 Å². The molecule has 1 aromatic rings. The van der Waals surface area contributed by atoms with E-state index >= 15 is 0 Å². The van der Waals surface area contributed by atoms with Crippen LogP contribution in [-0.4, -0.2) is 54.6 Å². The Labute approximate surface area is 126 Å². The first kappa shape index (κ1) is 14.5. The van der Waals surface area contributed by atoms with E-state index in [-0.39, 0.29) is 5.54 Å². The Hall–Kier alpha value is -0.420. The van der Waals surface area contributed by atoms with Gasteiger partial charge in [-0.25, -0.2) is 0 Å². The van der Waals surface area contributed by atoms with Crippen molar-refractivity contribution in [3.8, 4) is 0 Å². The zero-order valence-electron chi connectivity index (χ0n) is 12.6. The first-order valence-electron chi connectivity index (χ1n) is 7.94. The summed E-state index contributed by atoms with van der Waals surface area (Å²) in [5.41, 5.74) is 6.48. The van der Waals surface area contributed by atoms with Crippen molar-refractivity contribution in [3.05, 3.63) is 22.4 Å². The van der Waals surface area contributed by atoms with Crippen LogP contribution in [0.4, 0.5) is 0 Å². The maximum absolute atomic E-state index is 6.26. The summed E-state index contributed by atoms with van der Waals surface area (Å²) in [7, 11) is 2.29. The molecule has 0 bridgehead atoms. The minimum absolute atomic E-state index is 0.220. The fraction of sp³-hybridized carbons (Fsp3) is 0.750. The Morgan fingerprint density at radius 1 is 1.45 bits per heavy atom. The van der Waals surface area contributed by atoms with Crippen LogP contribution in [0.25, 0.3) is 0 Å². The molecule has 0 amide bonds. The third kappa shape index (κ3) is 2.54. The van der Waals surface area contributed by atoms with E-state index in [0.717, 1.165) is 19.5 Å². The fourth-order valence-electron chi connectivity index (χ4n) is 4.17. The van der Waals surface area contributed by atoms with Crippen molar-refractivity contribution >= 4 is 11.3 Å². The average Bonchev–Trinajstić information content (AvgIpc) is 3.13. The molecule has 112 valence electrons. The highest BCUT2D eigenvalue weighted by molar-refractivity contribution is 7.09. The van der Waals surface area contributed by atoms with Gasteiger partial charge in [0.05, 0.1) is 0 Å². The molecule has 3 nitrogen and oxygen atoms in total. The second-order valence-corrected chi connectivity index (χ2v) is 7.39. The van der Waals surface area contributed by atoms with Gasteiger partial charge in [0, 0.05) is 36.1 Å². The zero-order chi connectivity index (χ0) is 14.0. The summed E-state index contributed by atoms with van der Waals surface area (Å²) in [6, 6.07) is 5.08. The standard InChI is InChI=1S/C16H27N3S/c1-18(10-7-14-5-4-12-20-14)16(13-17)8-11-19-9-3-2-6-15(16)19/h4-5,12,15H,2-3,6-11,13,17H2,1H3. The minimum atomic E-state index is 0.220. The van der Waals surface area contributed by atoms with Gasteiger partial charge in [0.25, 0.3) is 0 Å². The van der Waals surface area contributed by atoms with E-state index < -0.39 is 0 Å². The number of rotatable bonds is 5. The Morgan fingerprint density at radius 2 is 2.35 bits per heavy atom. The summed E-state index contributed by atoms with van der Waals surface area (Å²) in [4.78, 5) is 6.75. The number of thiophene rings is 1. The zero-order valence-corrected chi connectivity index (χ0v) is 13.4. The normalized spacial score (nSPS) is 30.9. The Morgan fingerprint density at radius 3 is 3.10 bits per heavy atom. The van der Waals surface area contributed by atoms with Crippen LogP contribution in [0.15, 0.2) is 17.5 Å². The first-order chi connectivity index (χ1) is 9.76. The molecule has 2 aliphatic rings. The van der Waals surface area contributed by atoms with E-state index in [2.05, 4.69) is 34.4 Å². The molecule has 0 radical (unpaired) electrons. The van der Waals surface area contributed by atoms with E-state index in [0.29, 0.717) is 6.04 Å². The Kier molecular flexibility index (Phi) is 4.46. The average molecular weight is 293 g/mol. The van der Waals surface area contributed by atoms with Gasteiger partial charge in [-0.3, -0.25) is 9.80 Å². The Bertz CT molecular complexity index is 419. The molecule has 2 saturated heterocycles. The number of nitrogens with zero attached hydrogens (tertiary/aromatic N) is 2. The maximum atomic E-state index is 6.26. The van der Waals surface area contributed by atoms with E-state index in [1.54, 1.807) is 0 Å². The van der Waals surface area contributed by atoms with E-state index in [1.165, 1.54) is 43.6 Å². The number of piperidine rings is 1. The first-order valence-corrected chi connectivity index (χ1v) is 8.82. The molecule has 1 aromatic heterocycles. The molecule has 2 aliphatic heterocycles. The lowest BCUT2D eigenvalue weighted by Gasteiger charge is -2.46. The smallest absolute Gasteiger partial charge is 0.0496 e. The van der Waals surface area contributed by atoms with Crippen LogP contribution in [0.5, 0.6) is 0 Å². The maximum Gasteiger partial charge on any atom is 0.0496 e. The number of likely N-dealkylation sites (N-methyl/N-ethyl adjacent to an activating group) is 1. The number of fused-ring (bicyclic) bond motifs is 1. The summed E-state index contributed by atoms with van der Waals surface area (Å²) in [6.45, 7) is 4.45.